The number of sulfone groups is 1. The minimum absolute atomic E-state index is 0.262. The molecule has 1 aliphatic rings. The van der Waals surface area contributed by atoms with E-state index in [9.17, 15) is 13.2 Å². The van der Waals surface area contributed by atoms with Gasteiger partial charge in [0.2, 0.25) is 5.91 Å². The molecule has 0 aromatic heterocycles. The molecule has 0 spiro atoms. The molecular weight excluding hydrogens is 240 g/mol. The number of piperidine rings is 1. The molecule has 0 saturated carbocycles. The molecule has 5 nitrogen and oxygen atoms in total. The van der Waals surface area contributed by atoms with Gasteiger partial charge in [-0.05, 0) is 26.3 Å². The quantitative estimate of drug-likeness (QED) is 0.775. The van der Waals surface area contributed by atoms with Gasteiger partial charge in [0, 0.05) is 25.4 Å². The molecule has 0 radical (unpaired) electrons. The molecule has 1 atom stereocenters. The van der Waals surface area contributed by atoms with Crippen LogP contribution in [-0.2, 0) is 14.6 Å². The van der Waals surface area contributed by atoms with Crippen LogP contribution in [0.1, 0.15) is 26.7 Å². The fourth-order valence-corrected chi connectivity index (χ4v) is 2.55. The summed E-state index contributed by atoms with van der Waals surface area (Å²) in [6.45, 7) is 5.75. The second kappa shape index (κ2) is 5.82. The van der Waals surface area contributed by atoms with Crippen LogP contribution in [0.25, 0.3) is 0 Å². The van der Waals surface area contributed by atoms with E-state index in [0.29, 0.717) is 19.1 Å². The summed E-state index contributed by atoms with van der Waals surface area (Å²) in [6, 6.07) is 0.456. The molecule has 0 aromatic rings. The summed E-state index contributed by atoms with van der Waals surface area (Å²) in [5.41, 5.74) is 0. The Morgan fingerprint density at radius 3 is 2.35 bits per heavy atom. The Morgan fingerprint density at radius 1 is 1.41 bits per heavy atom. The highest BCUT2D eigenvalue weighted by Gasteiger charge is 2.30. The zero-order valence-corrected chi connectivity index (χ0v) is 11.6. The molecule has 1 amide bonds. The van der Waals surface area contributed by atoms with Crippen LogP contribution >= 0.6 is 0 Å². The first kappa shape index (κ1) is 14.4. The number of nitrogens with zero attached hydrogens (tertiary/aromatic N) is 1. The van der Waals surface area contributed by atoms with Crippen LogP contribution in [0.5, 0.6) is 0 Å². The van der Waals surface area contributed by atoms with E-state index in [4.69, 9.17) is 0 Å². The maximum atomic E-state index is 11.9. The standard InChI is InChI=1S/C11H22N2O3S/c1-4-12-10-5-7-13(8-6-10)11(14)9(2)17(3,15)16/h9-10,12H,4-8H2,1-3H3. The molecule has 0 bridgehead atoms. The minimum Gasteiger partial charge on any atom is -0.341 e. The average molecular weight is 262 g/mol. The molecule has 1 saturated heterocycles. The van der Waals surface area contributed by atoms with Crippen LogP contribution in [0, 0.1) is 0 Å². The van der Waals surface area contributed by atoms with Crippen molar-refractivity contribution in [1.82, 2.24) is 10.2 Å². The van der Waals surface area contributed by atoms with Crippen molar-refractivity contribution in [3.8, 4) is 0 Å². The van der Waals surface area contributed by atoms with E-state index in [1.807, 2.05) is 0 Å². The van der Waals surface area contributed by atoms with Crippen LogP contribution < -0.4 is 5.32 Å². The van der Waals surface area contributed by atoms with E-state index in [0.717, 1.165) is 25.6 Å². The predicted molar refractivity (Wildman–Crippen MR) is 67.6 cm³/mol. The number of hydrogen-bond acceptors (Lipinski definition) is 4. The minimum atomic E-state index is -3.28. The van der Waals surface area contributed by atoms with Crippen molar-refractivity contribution in [2.75, 3.05) is 25.9 Å². The molecule has 6 heteroatoms. The van der Waals surface area contributed by atoms with Gasteiger partial charge in [0.25, 0.3) is 0 Å². The van der Waals surface area contributed by atoms with Crippen molar-refractivity contribution in [3.63, 3.8) is 0 Å². The van der Waals surface area contributed by atoms with E-state index in [2.05, 4.69) is 12.2 Å². The fourth-order valence-electron chi connectivity index (χ4n) is 2.03. The highest BCUT2D eigenvalue weighted by molar-refractivity contribution is 7.92. The van der Waals surface area contributed by atoms with Gasteiger partial charge in [-0.1, -0.05) is 6.92 Å². The lowest BCUT2D eigenvalue weighted by molar-refractivity contribution is -0.131. The van der Waals surface area contributed by atoms with Crippen LogP contribution in [0.2, 0.25) is 0 Å². The number of carbonyl (C=O) groups is 1. The molecule has 1 unspecified atom stereocenters. The number of nitrogens with one attached hydrogen (secondary N) is 1. The molecule has 100 valence electrons. The van der Waals surface area contributed by atoms with Crippen LogP contribution in [0.15, 0.2) is 0 Å². The van der Waals surface area contributed by atoms with Crippen molar-refractivity contribution in [2.24, 2.45) is 0 Å². The first-order chi connectivity index (χ1) is 7.86. The summed E-state index contributed by atoms with van der Waals surface area (Å²) in [6.07, 6.45) is 2.91. The monoisotopic (exact) mass is 262 g/mol. The molecule has 1 N–H and O–H groups in total. The highest BCUT2D eigenvalue weighted by atomic mass is 32.2. The molecule has 17 heavy (non-hydrogen) atoms. The number of amides is 1. The second-order valence-corrected chi connectivity index (χ2v) is 7.00. The predicted octanol–water partition coefficient (Wildman–Crippen LogP) is 0.0200. The second-order valence-electron chi connectivity index (χ2n) is 4.63. The molecular formula is C11H22N2O3S. The van der Waals surface area contributed by atoms with E-state index in [-0.39, 0.29) is 5.91 Å². The smallest absolute Gasteiger partial charge is 0.240 e. The summed E-state index contributed by atoms with van der Waals surface area (Å²) in [5.74, 6) is -0.262. The van der Waals surface area contributed by atoms with Crippen molar-refractivity contribution in [2.45, 2.75) is 38.0 Å². The third kappa shape index (κ3) is 3.96. The van der Waals surface area contributed by atoms with Crippen molar-refractivity contribution < 1.29 is 13.2 Å². The van der Waals surface area contributed by atoms with Crippen molar-refractivity contribution >= 4 is 15.7 Å². The van der Waals surface area contributed by atoms with Gasteiger partial charge in [-0.3, -0.25) is 4.79 Å². The number of rotatable bonds is 4. The summed E-state index contributed by atoms with van der Waals surface area (Å²) in [7, 11) is -3.28. The van der Waals surface area contributed by atoms with Gasteiger partial charge in [-0.15, -0.1) is 0 Å². The normalized spacial score (nSPS) is 20.3. The van der Waals surface area contributed by atoms with Gasteiger partial charge in [0.05, 0.1) is 0 Å². The maximum absolute atomic E-state index is 11.9. The lowest BCUT2D eigenvalue weighted by Gasteiger charge is -2.33. The Bertz CT molecular complexity index is 359. The zero-order valence-electron chi connectivity index (χ0n) is 10.8. The first-order valence-corrected chi connectivity index (χ1v) is 8.02. The topological polar surface area (TPSA) is 66.5 Å². The van der Waals surface area contributed by atoms with Gasteiger partial charge in [0.15, 0.2) is 9.84 Å². The van der Waals surface area contributed by atoms with Crippen molar-refractivity contribution in [3.05, 3.63) is 0 Å². The average Bonchev–Trinajstić information content (AvgIpc) is 2.27. The Balaban J connectivity index is 2.52. The van der Waals surface area contributed by atoms with Gasteiger partial charge in [-0.2, -0.15) is 0 Å². The fraction of sp³-hybridized carbons (Fsp3) is 0.909. The lowest BCUT2D eigenvalue weighted by atomic mass is 10.0. The summed E-state index contributed by atoms with van der Waals surface area (Å²) in [5, 5.41) is 2.43. The molecule has 1 rings (SSSR count). The van der Waals surface area contributed by atoms with Gasteiger partial charge in [-0.25, -0.2) is 8.42 Å². The van der Waals surface area contributed by atoms with E-state index < -0.39 is 15.1 Å². The van der Waals surface area contributed by atoms with Crippen molar-refractivity contribution in [1.29, 1.82) is 0 Å². The molecule has 1 heterocycles. The van der Waals surface area contributed by atoms with Gasteiger partial charge >= 0.3 is 0 Å². The van der Waals surface area contributed by atoms with Gasteiger partial charge in [0.1, 0.15) is 5.25 Å². The molecule has 0 aromatic carbocycles. The maximum Gasteiger partial charge on any atom is 0.240 e. The Morgan fingerprint density at radius 2 is 1.94 bits per heavy atom. The third-order valence-corrected chi connectivity index (χ3v) is 4.78. The van der Waals surface area contributed by atoms with E-state index >= 15 is 0 Å². The Labute approximate surface area is 103 Å². The van der Waals surface area contributed by atoms with Crippen LogP contribution in [0.4, 0.5) is 0 Å². The summed E-state index contributed by atoms with van der Waals surface area (Å²) in [4.78, 5) is 13.6. The summed E-state index contributed by atoms with van der Waals surface area (Å²) >= 11 is 0. The molecule has 1 fully saturated rings. The molecule has 1 aliphatic heterocycles. The largest absolute Gasteiger partial charge is 0.341 e. The first-order valence-electron chi connectivity index (χ1n) is 6.07. The highest BCUT2D eigenvalue weighted by Crippen LogP contribution is 2.13. The SMILES string of the molecule is CCNC1CCN(C(=O)C(C)S(C)(=O)=O)CC1. The van der Waals surface area contributed by atoms with Crippen LogP contribution in [0.3, 0.4) is 0 Å². The van der Waals surface area contributed by atoms with E-state index in [1.54, 1.807) is 4.90 Å². The zero-order chi connectivity index (χ0) is 13.1. The number of carbonyl (C=O) groups excluding carboxylic acids is 1. The molecule has 0 aliphatic carbocycles. The Kier molecular flexibility index (Phi) is 4.94. The third-order valence-electron chi connectivity index (χ3n) is 3.29. The number of hydrogen-bond donors (Lipinski definition) is 1. The number of likely N-dealkylation sites (tertiary alicyclic amines) is 1. The van der Waals surface area contributed by atoms with Crippen LogP contribution in [-0.4, -0.2) is 56.4 Å². The lowest BCUT2D eigenvalue weighted by Crippen LogP contribution is -2.48. The Hall–Kier alpha value is -0.620. The van der Waals surface area contributed by atoms with Gasteiger partial charge < -0.3 is 10.2 Å². The van der Waals surface area contributed by atoms with E-state index in [1.165, 1.54) is 6.92 Å². The summed E-state index contributed by atoms with van der Waals surface area (Å²) < 4.78 is 22.6.